The highest BCUT2D eigenvalue weighted by Crippen LogP contribution is 2.28. The van der Waals surface area contributed by atoms with Gasteiger partial charge in [-0.05, 0) is 18.6 Å². The van der Waals surface area contributed by atoms with Crippen molar-refractivity contribution in [3.63, 3.8) is 0 Å². The van der Waals surface area contributed by atoms with E-state index in [0.29, 0.717) is 5.56 Å². The lowest BCUT2D eigenvalue weighted by Crippen LogP contribution is -2.13. The summed E-state index contributed by atoms with van der Waals surface area (Å²) in [5.74, 6) is -0.200. The average molecular weight is 312 g/mol. The van der Waals surface area contributed by atoms with Crippen molar-refractivity contribution in [1.82, 2.24) is 9.97 Å². The Morgan fingerprint density at radius 2 is 2.05 bits per heavy atom. The highest BCUT2D eigenvalue weighted by molar-refractivity contribution is 5.39. The molecule has 0 aliphatic carbocycles. The number of alkyl halides is 3. The van der Waals surface area contributed by atoms with Crippen molar-refractivity contribution in [2.75, 3.05) is 5.32 Å². The average Bonchev–Trinajstić information content (AvgIpc) is 2.46. The van der Waals surface area contributed by atoms with Crippen LogP contribution in [0.2, 0.25) is 0 Å². The molecule has 1 aromatic carbocycles. The second-order valence-corrected chi connectivity index (χ2v) is 4.48. The topological polar surface area (TPSA) is 81.0 Å². The monoisotopic (exact) mass is 312 g/mol. The molecule has 1 heterocycles. The SMILES string of the molecule is C[C@@H](Nc1nccc(C(F)(F)F)n1)c1cccc([N+](=O)[O-])c1. The van der Waals surface area contributed by atoms with Crippen LogP contribution in [-0.4, -0.2) is 14.9 Å². The van der Waals surface area contributed by atoms with E-state index in [1.807, 2.05) is 0 Å². The third-order valence-corrected chi connectivity index (χ3v) is 2.87. The van der Waals surface area contributed by atoms with Gasteiger partial charge in [0, 0.05) is 18.3 Å². The number of halogens is 3. The van der Waals surface area contributed by atoms with Crippen LogP contribution in [0.4, 0.5) is 24.8 Å². The smallest absolute Gasteiger partial charge is 0.348 e. The fourth-order valence-electron chi connectivity index (χ4n) is 1.77. The number of nitrogens with one attached hydrogen (secondary N) is 1. The van der Waals surface area contributed by atoms with Crippen LogP contribution in [0, 0.1) is 10.1 Å². The quantitative estimate of drug-likeness (QED) is 0.689. The number of hydrogen-bond acceptors (Lipinski definition) is 5. The molecule has 0 radical (unpaired) electrons. The van der Waals surface area contributed by atoms with Crippen molar-refractivity contribution in [3.05, 3.63) is 57.9 Å². The molecule has 0 aliphatic heterocycles. The maximum Gasteiger partial charge on any atom is 0.433 e. The fourth-order valence-corrected chi connectivity index (χ4v) is 1.77. The summed E-state index contributed by atoms with van der Waals surface area (Å²) < 4.78 is 37.7. The number of aromatic nitrogens is 2. The largest absolute Gasteiger partial charge is 0.433 e. The summed E-state index contributed by atoms with van der Waals surface area (Å²) in [6.07, 6.45) is -3.56. The van der Waals surface area contributed by atoms with Gasteiger partial charge >= 0.3 is 6.18 Å². The van der Waals surface area contributed by atoms with Gasteiger partial charge in [-0.15, -0.1) is 0 Å². The Hall–Kier alpha value is -2.71. The summed E-state index contributed by atoms with van der Waals surface area (Å²) in [6, 6.07) is 6.06. The normalized spacial score (nSPS) is 12.7. The summed E-state index contributed by atoms with van der Waals surface area (Å²) >= 11 is 0. The summed E-state index contributed by atoms with van der Waals surface area (Å²) in [5.41, 5.74) is -0.623. The molecular formula is C13H11F3N4O2. The van der Waals surface area contributed by atoms with Crippen molar-refractivity contribution in [1.29, 1.82) is 0 Å². The molecule has 0 saturated carbocycles. The Labute approximate surface area is 123 Å². The van der Waals surface area contributed by atoms with Crippen LogP contribution in [0.5, 0.6) is 0 Å². The lowest BCUT2D eigenvalue weighted by Gasteiger charge is -2.15. The van der Waals surface area contributed by atoms with E-state index < -0.39 is 22.8 Å². The molecule has 116 valence electrons. The molecule has 2 aromatic rings. The number of hydrogen-bond donors (Lipinski definition) is 1. The zero-order valence-electron chi connectivity index (χ0n) is 11.3. The number of rotatable bonds is 4. The Balaban J connectivity index is 2.20. The minimum Gasteiger partial charge on any atom is -0.348 e. The Morgan fingerprint density at radius 3 is 2.68 bits per heavy atom. The first kappa shape index (κ1) is 15.7. The van der Waals surface area contributed by atoms with Gasteiger partial charge in [-0.3, -0.25) is 10.1 Å². The van der Waals surface area contributed by atoms with Gasteiger partial charge in [-0.2, -0.15) is 13.2 Å². The molecule has 0 amide bonds. The first-order chi connectivity index (χ1) is 10.3. The third kappa shape index (κ3) is 3.68. The Kier molecular flexibility index (Phi) is 4.25. The van der Waals surface area contributed by atoms with Crippen LogP contribution < -0.4 is 5.32 Å². The van der Waals surface area contributed by atoms with Crippen molar-refractivity contribution in [2.45, 2.75) is 19.1 Å². The lowest BCUT2D eigenvalue weighted by atomic mass is 10.1. The van der Waals surface area contributed by atoms with Crippen molar-refractivity contribution in [3.8, 4) is 0 Å². The van der Waals surface area contributed by atoms with Gasteiger partial charge in [0.05, 0.1) is 11.0 Å². The standard InChI is InChI=1S/C13H11F3N4O2/c1-8(9-3-2-4-10(7-9)20(21)22)18-12-17-6-5-11(19-12)13(14,15)16/h2-8H,1H3,(H,17,18,19)/t8-/m1/s1. The van der Waals surface area contributed by atoms with E-state index >= 15 is 0 Å². The van der Waals surface area contributed by atoms with E-state index in [-0.39, 0.29) is 11.6 Å². The van der Waals surface area contributed by atoms with E-state index in [2.05, 4.69) is 15.3 Å². The van der Waals surface area contributed by atoms with Gasteiger partial charge in [0.15, 0.2) is 0 Å². The maximum absolute atomic E-state index is 12.6. The first-order valence-electron chi connectivity index (χ1n) is 6.18. The van der Waals surface area contributed by atoms with Crippen LogP contribution in [0.25, 0.3) is 0 Å². The lowest BCUT2D eigenvalue weighted by molar-refractivity contribution is -0.384. The van der Waals surface area contributed by atoms with Crippen LogP contribution in [-0.2, 0) is 6.18 Å². The van der Waals surface area contributed by atoms with Gasteiger partial charge in [0.1, 0.15) is 5.69 Å². The molecule has 1 N–H and O–H groups in total. The van der Waals surface area contributed by atoms with Gasteiger partial charge in [-0.1, -0.05) is 12.1 Å². The molecule has 0 unspecified atom stereocenters. The summed E-state index contributed by atoms with van der Waals surface area (Å²) in [4.78, 5) is 17.3. The second kappa shape index (κ2) is 5.96. The molecule has 1 atom stereocenters. The minimum absolute atomic E-state index is 0.101. The van der Waals surface area contributed by atoms with E-state index in [0.717, 1.165) is 12.3 Å². The Morgan fingerprint density at radius 1 is 1.32 bits per heavy atom. The van der Waals surface area contributed by atoms with E-state index in [9.17, 15) is 23.3 Å². The first-order valence-corrected chi connectivity index (χ1v) is 6.18. The molecule has 0 saturated heterocycles. The van der Waals surface area contributed by atoms with Crippen molar-refractivity contribution in [2.24, 2.45) is 0 Å². The molecule has 0 fully saturated rings. The predicted molar refractivity (Wildman–Crippen MR) is 72.2 cm³/mol. The van der Waals surface area contributed by atoms with Crippen LogP contribution in [0.15, 0.2) is 36.5 Å². The zero-order chi connectivity index (χ0) is 16.3. The predicted octanol–water partition coefficient (Wildman–Crippen LogP) is 3.58. The molecule has 0 aliphatic rings. The number of nitrogens with zero attached hydrogens (tertiary/aromatic N) is 3. The van der Waals surface area contributed by atoms with Crippen LogP contribution in [0.1, 0.15) is 24.2 Å². The van der Waals surface area contributed by atoms with Gasteiger partial charge in [0.25, 0.3) is 5.69 Å². The number of benzene rings is 1. The molecule has 0 spiro atoms. The van der Waals surface area contributed by atoms with Gasteiger partial charge < -0.3 is 5.32 Å². The van der Waals surface area contributed by atoms with E-state index in [4.69, 9.17) is 0 Å². The molecule has 22 heavy (non-hydrogen) atoms. The molecule has 2 rings (SSSR count). The summed E-state index contributed by atoms with van der Waals surface area (Å²) in [7, 11) is 0. The van der Waals surface area contributed by atoms with Gasteiger partial charge in [-0.25, -0.2) is 9.97 Å². The molecule has 1 aromatic heterocycles. The van der Waals surface area contributed by atoms with Crippen LogP contribution in [0.3, 0.4) is 0 Å². The van der Waals surface area contributed by atoms with E-state index in [1.165, 1.54) is 18.2 Å². The molecule has 9 heteroatoms. The zero-order valence-corrected chi connectivity index (χ0v) is 11.3. The summed E-state index contributed by atoms with van der Waals surface area (Å²) in [6.45, 7) is 1.64. The summed E-state index contributed by atoms with van der Waals surface area (Å²) in [5, 5.41) is 13.4. The maximum atomic E-state index is 12.6. The second-order valence-electron chi connectivity index (χ2n) is 4.48. The van der Waals surface area contributed by atoms with Crippen molar-refractivity contribution >= 4 is 11.6 Å². The number of anilines is 1. The highest BCUT2D eigenvalue weighted by atomic mass is 19.4. The Bertz CT molecular complexity index is 691. The van der Waals surface area contributed by atoms with Crippen molar-refractivity contribution < 1.29 is 18.1 Å². The van der Waals surface area contributed by atoms with E-state index in [1.54, 1.807) is 13.0 Å². The molecular weight excluding hydrogens is 301 g/mol. The van der Waals surface area contributed by atoms with Crippen LogP contribution >= 0.6 is 0 Å². The third-order valence-electron chi connectivity index (χ3n) is 2.87. The minimum atomic E-state index is -4.56. The number of nitro groups is 1. The molecule has 6 nitrogen and oxygen atoms in total. The number of non-ortho nitro benzene ring substituents is 1. The van der Waals surface area contributed by atoms with Gasteiger partial charge in [0.2, 0.25) is 5.95 Å². The molecule has 0 bridgehead atoms. The highest BCUT2D eigenvalue weighted by Gasteiger charge is 2.32. The fraction of sp³-hybridized carbons (Fsp3) is 0.231. The number of nitro benzene ring substituents is 1.